The van der Waals surface area contributed by atoms with E-state index in [0.717, 1.165) is 29.3 Å². The lowest BCUT2D eigenvalue weighted by molar-refractivity contribution is -0.137. The van der Waals surface area contributed by atoms with Gasteiger partial charge in [-0.3, -0.25) is 24.0 Å². The Hall–Kier alpha value is -4.13. The number of para-hydroxylation sites is 1. The number of aliphatic carboxylic acids is 1. The smallest absolute Gasteiger partial charge is 0.305 e. The Kier molecular flexibility index (Phi) is 24.9. The molecule has 54 heavy (non-hydrogen) atoms. The zero-order valence-electron chi connectivity index (χ0n) is 31.6. The summed E-state index contributed by atoms with van der Waals surface area (Å²) < 4.78 is 32.8. The minimum Gasteiger partial charge on any atom is -0.481 e. The van der Waals surface area contributed by atoms with Gasteiger partial charge in [-0.15, -0.1) is 0 Å². The first kappa shape index (κ1) is 46.0. The number of carboxylic acids is 1. The Morgan fingerprint density at radius 2 is 1.28 bits per heavy atom. The highest BCUT2D eigenvalue weighted by Crippen LogP contribution is 2.19. The number of unbranched alkanes of at least 4 members (excludes halogenated alkanes) is 1. The zero-order valence-corrected chi connectivity index (χ0v) is 31.6. The lowest BCUT2D eigenvalue weighted by Crippen LogP contribution is -2.50. The Morgan fingerprint density at radius 1 is 0.704 bits per heavy atom. The molecule has 0 unspecified atom stereocenters. The van der Waals surface area contributed by atoms with Crippen LogP contribution >= 0.6 is 0 Å². The molecule has 304 valence electrons. The van der Waals surface area contributed by atoms with Crippen molar-refractivity contribution in [3.63, 3.8) is 0 Å². The molecule has 6 N–H and O–H groups in total. The van der Waals surface area contributed by atoms with Crippen LogP contribution in [-0.4, -0.2) is 144 Å². The van der Waals surface area contributed by atoms with Gasteiger partial charge in [0, 0.05) is 48.9 Å². The van der Waals surface area contributed by atoms with Gasteiger partial charge in [-0.25, -0.2) is 0 Å². The summed E-state index contributed by atoms with van der Waals surface area (Å²) in [5.74, 6) is -2.49. The van der Waals surface area contributed by atoms with Gasteiger partial charge >= 0.3 is 5.97 Å². The first-order valence-electron chi connectivity index (χ1n) is 18.6. The van der Waals surface area contributed by atoms with E-state index >= 15 is 0 Å². The average Bonchev–Trinajstić information content (AvgIpc) is 3.55. The van der Waals surface area contributed by atoms with Gasteiger partial charge in [-0.05, 0) is 25.0 Å². The first-order chi connectivity index (χ1) is 26.2. The summed E-state index contributed by atoms with van der Waals surface area (Å²) >= 11 is 0. The van der Waals surface area contributed by atoms with Gasteiger partial charge in [0.2, 0.25) is 23.6 Å². The fourth-order valence-electron chi connectivity index (χ4n) is 4.98. The van der Waals surface area contributed by atoms with Gasteiger partial charge < -0.3 is 59.8 Å². The number of aromatic amines is 1. The monoisotopic (exact) mass is 765 g/mol. The van der Waals surface area contributed by atoms with Crippen molar-refractivity contribution in [2.45, 2.75) is 64.5 Å². The normalized spacial score (nSPS) is 12.3. The van der Waals surface area contributed by atoms with Crippen LogP contribution < -0.4 is 21.3 Å². The number of ether oxygens (including phenoxy) is 6. The van der Waals surface area contributed by atoms with Crippen molar-refractivity contribution >= 4 is 40.5 Å². The van der Waals surface area contributed by atoms with Gasteiger partial charge in [-0.1, -0.05) is 31.5 Å². The molecule has 0 saturated heterocycles. The van der Waals surface area contributed by atoms with Crippen LogP contribution in [0.3, 0.4) is 0 Å². The molecule has 0 saturated carbocycles. The summed E-state index contributed by atoms with van der Waals surface area (Å²) in [5, 5.41) is 20.4. The van der Waals surface area contributed by atoms with E-state index in [1.165, 1.54) is 0 Å². The van der Waals surface area contributed by atoms with Crippen molar-refractivity contribution in [3.8, 4) is 0 Å². The van der Waals surface area contributed by atoms with Crippen molar-refractivity contribution in [1.82, 2.24) is 26.3 Å². The van der Waals surface area contributed by atoms with E-state index in [1.807, 2.05) is 31.2 Å². The lowest BCUT2D eigenvalue weighted by atomic mass is 10.0. The molecule has 1 aromatic carbocycles. The van der Waals surface area contributed by atoms with Crippen LogP contribution in [0.15, 0.2) is 30.5 Å². The molecule has 0 radical (unpaired) electrons. The largest absolute Gasteiger partial charge is 0.481 e. The minimum absolute atomic E-state index is 0.00687. The summed E-state index contributed by atoms with van der Waals surface area (Å²) in [4.78, 5) is 63.6. The third-order valence-corrected chi connectivity index (χ3v) is 7.72. The van der Waals surface area contributed by atoms with Gasteiger partial charge in [0.15, 0.2) is 0 Å². The average molecular weight is 766 g/mol. The fraction of sp³-hybridized carbons (Fsp3) is 0.649. The maximum atomic E-state index is 13.1. The maximum Gasteiger partial charge on any atom is 0.305 e. The molecule has 0 spiro atoms. The molecule has 0 aliphatic rings. The highest BCUT2D eigenvalue weighted by Gasteiger charge is 2.23. The second-order valence-corrected chi connectivity index (χ2v) is 12.3. The van der Waals surface area contributed by atoms with Crippen molar-refractivity contribution in [2.75, 3.05) is 92.4 Å². The van der Waals surface area contributed by atoms with Crippen LogP contribution in [0, 0.1) is 0 Å². The van der Waals surface area contributed by atoms with Crippen LogP contribution in [0.5, 0.6) is 0 Å². The molecular formula is C37H59N5O12. The molecule has 2 atom stereocenters. The van der Waals surface area contributed by atoms with Gasteiger partial charge in [0.05, 0.1) is 92.2 Å². The predicted octanol–water partition coefficient (Wildman–Crippen LogP) is 1.09. The Morgan fingerprint density at radius 3 is 1.87 bits per heavy atom. The van der Waals surface area contributed by atoms with E-state index in [1.54, 1.807) is 13.1 Å². The number of rotatable bonds is 33. The summed E-state index contributed by atoms with van der Waals surface area (Å²) in [5.41, 5.74) is 1.70. The van der Waals surface area contributed by atoms with Crippen LogP contribution in [0.4, 0.5) is 0 Å². The number of nitrogens with one attached hydrogen (secondary N) is 5. The third-order valence-electron chi connectivity index (χ3n) is 7.72. The van der Waals surface area contributed by atoms with Gasteiger partial charge in [0.1, 0.15) is 6.04 Å². The van der Waals surface area contributed by atoms with Crippen LogP contribution in [0.1, 0.15) is 51.5 Å². The number of benzene rings is 1. The SMILES string of the molecule is CCCCC(=O)NCCOCCOCCOCCOCCOCCOCCC(=O)N[C@@H](Cc1c[nH]c2ccccc12)C(=O)NCC(=O)N[C@H](C)CC(=O)O. The van der Waals surface area contributed by atoms with Crippen LogP contribution in [0.25, 0.3) is 10.9 Å². The third kappa shape index (κ3) is 22.2. The maximum absolute atomic E-state index is 13.1. The molecular weight excluding hydrogens is 706 g/mol. The Balaban J connectivity index is 1.51. The predicted molar refractivity (Wildman–Crippen MR) is 199 cm³/mol. The summed E-state index contributed by atoms with van der Waals surface area (Å²) in [7, 11) is 0. The molecule has 1 heterocycles. The van der Waals surface area contributed by atoms with E-state index in [-0.39, 0.29) is 44.9 Å². The lowest BCUT2D eigenvalue weighted by Gasteiger charge is -2.19. The quantitative estimate of drug-likeness (QED) is 0.0562. The van der Waals surface area contributed by atoms with Gasteiger partial charge in [-0.2, -0.15) is 0 Å². The molecule has 2 aromatic rings. The molecule has 17 heteroatoms. The molecule has 2 rings (SSSR count). The van der Waals surface area contributed by atoms with E-state index in [9.17, 15) is 24.0 Å². The summed E-state index contributed by atoms with van der Waals surface area (Å²) in [6.45, 7) is 8.27. The highest BCUT2D eigenvalue weighted by atomic mass is 16.6. The fourth-order valence-corrected chi connectivity index (χ4v) is 4.98. The standard InChI is InChI=1S/C37H59N5O12/c1-3-4-9-33(43)38-11-13-50-15-17-52-19-21-54-23-22-53-20-18-51-16-14-49-12-10-34(44)42-32(25-29-26-39-31-8-6-5-7-30(29)31)37(48)40-27-35(45)41-28(2)24-36(46)47/h5-8,26,28,32,39H,3-4,9-25,27H2,1-2H3,(H,38,43)(H,40,48)(H,41,45)(H,42,44)(H,46,47)/t28-,32+/m1/s1. The number of aromatic nitrogens is 1. The Bertz CT molecular complexity index is 1370. The number of fused-ring (bicyclic) bond motifs is 1. The second kappa shape index (κ2) is 29.3. The van der Waals surface area contributed by atoms with Crippen molar-refractivity contribution in [2.24, 2.45) is 0 Å². The Labute approximate surface area is 316 Å². The van der Waals surface area contributed by atoms with Crippen molar-refractivity contribution in [1.29, 1.82) is 0 Å². The van der Waals surface area contributed by atoms with Crippen LogP contribution in [0.2, 0.25) is 0 Å². The molecule has 17 nitrogen and oxygen atoms in total. The van der Waals surface area contributed by atoms with E-state index in [2.05, 4.69) is 26.3 Å². The number of hydrogen-bond acceptors (Lipinski definition) is 11. The number of hydrogen-bond donors (Lipinski definition) is 6. The van der Waals surface area contributed by atoms with E-state index in [0.29, 0.717) is 79.0 Å². The summed E-state index contributed by atoms with van der Waals surface area (Å²) in [6, 6.07) is 5.99. The minimum atomic E-state index is -1.05. The number of carboxylic acid groups (broad SMARTS) is 1. The van der Waals surface area contributed by atoms with Gasteiger partial charge in [0.25, 0.3) is 0 Å². The molecule has 1 aromatic heterocycles. The second-order valence-electron chi connectivity index (χ2n) is 12.3. The molecule has 4 amide bonds. The van der Waals surface area contributed by atoms with Crippen molar-refractivity contribution in [3.05, 3.63) is 36.0 Å². The van der Waals surface area contributed by atoms with Crippen molar-refractivity contribution < 1.29 is 57.5 Å². The first-order valence-corrected chi connectivity index (χ1v) is 18.6. The molecule has 0 aliphatic heterocycles. The number of amides is 4. The van der Waals surface area contributed by atoms with E-state index < -0.39 is 35.8 Å². The number of carbonyl (C=O) groups excluding carboxylic acids is 4. The molecule has 0 bridgehead atoms. The zero-order chi connectivity index (χ0) is 39.2. The highest BCUT2D eigenvalue weighted by molar-refractivity contribution is 5.92. The summed E-state index contributed by atoms with van der Waals surface area (Å²) in [6.07, 6.45) is 4.15. The van der Waals surface area contributed by atoms with E-state index in [4.69, 9.17) is 33.5 Å². The van der Waals surface area contributed by atoms with Crippen LogP contribution in [-0.2, 0) is 58.8 Å². The number of carbonyl (C=O) groups is 5. The topological polar surface area (TPSA) is 225 Å². The number of H-pyrrole nitrogens is 1. The molecule has 0 aliphatic carbocycles. The molecule has 0 fully saturated rings.